The fraction of sp³-hybridized carbons (Fsp3) is 0.321. The van der Waals surface area contributed by atoms with Gasteiger partial charge >= 0.3 is 5.97 Å². The van der Waals surface area contributed by atoms with Gasteiger partial charge in [0.1, 0.15) is 17.2 Å². The van der Waals surface area contributed by atoms with Crippen LogP contribution in [0.3, 0.4) is 0 Å². The Labute approximate surface area is 209 Å². The lowest BCUT2D eigenvalue weighted by atomic mass is 9.85. The number of carboxylic acid groups (broad SMARTS) is 1. The van der Waals surface area contributed by atoms with Crippen LogP contribution in [0.4, 0.5) is 0 Å². The summed E-state index contributed by atoms with van der Waals surface area (Å²) in [4.78, 5) is 11.3. The zero-order chi connectivity index (χ0) is 25.2. The summed E-state index contributed by atoms with van der Waals surface area (Å²) in [5.41, 5.74) is 10.9. The number of carbonyl (C=O) groups is 1. The molecule has 5 rings (SSSR count). The Morgan fingerprint density at radius 2 is 1.72 bits per heavy atom. The largest absolute Gasteiger partial charge is 0.497 e. The molecule has 0 amide bonds. The Kier molecular flexibility index (Phi) is 6.61. The van der Waals surface area contributed by atoms with Crippen molar-refractivity contribution >= 4 is 5.97 Å². The van der Waals surface area contributed by atoms with Gasteiger partial charge in [-0.3, -0.25) is 0 Å². The Balaban J connectivity index is 1.62. The third kappa shape index (κ3) is 4.40. The summed E-state index contributed by atoms with van der Waals surface area (Å²) in [6, 6.07) is 17.1. The minimum absolute atomic E-state index is 0.130. The van der Waals surface area contributed by atoms with Crippen molar-refractivity contribution in [3.05, 3.63) is 76.9 Å². The first-order valence-corrected chi connectivity index (χ1v) is 11.9. The van der Waals surface area contributed by atoms with E-state index >= 15 is 0 Å². The van der Waals surface area contributed by atoms with Gasteiger partial charge in [0.25, 0.3) is 0 Å². The van der Waals surface area contributed by atoms with Gasteiger partial charge < -0.3 is 34.5 Å². The van der Waals surface area contributed by atoms with Crippen LogP contribution < -0.4 is 29.4 Å². The molecular formula is C28H29NO7. The lowest BCUT2D eigenvalue weighted by molar-refractivity contribution is -0.139. The van der Waals surface area contributed by atoms with Crippen LogP contribution in [0.1, 0.15) is 47.4 Å². The highest BCUT2D eigenvalue weighted by molar-refractivity contribution is 5.69. The van der Waals surface area contributed by atoms with Gasteiger partial charge in [0, 0.05) is 29.5 Å². The number of fused-ring (bicyclic) bond motifs is 2. The summed E-state index contributed by atoms with van der Waals surface area (Å²) in [7, 11) is 1.56. The van der Waals surface area contributed by atoms with Crippen molar-refractivity contribution in [3.8, 4) is 28.7 Å². The van der Waals surface area contributed by atoms with Crippen molar-refractivity contribution in [2.24, 2.45) is 5.73 Å². The molecule has 3 unspecified atom stereocenters. The molecule has 0 saturated heterocycles. The van der Waals surface area contributed by atoms with E-state index in [1.54, 1.807) is 13.2 Å². The number of benzene rings is 3. The second-order valence-corrected chi connectivity index (χ2v) is 8.87. The maximum atomic E-state index is 11.3. The van der Waals surface area contributed by atoms with E-state index in [1.165, 1.54) is 0 Å². The average molecular weight is 492 g/mol. The van der Waals surface area contributed by atoms with Crippen LogP contribution >= 0.6 is 0 Å². The lowest BCUT2D eigenvalue weighted by Crippen LogP contribution is -2.30. The minimum atomic E-state index is -1.06. The van der Waals surface area contributed by atoms with Gasteiger partial charge in [-0.25, -0.2) is 4.79 Å². The molecule has 0 fully saturated rings. The first-order valence-electron chi connectivity index (χ1n) is 11.9. The van der Waals surface area contributed by atoms with E-state index in [9.17, 15) is 9.90 Å². The topological polar surface area (TPSA) is 109 Å². The molecule has 1 aliphatic carbocycles. The van der Waals surface area contributed by atoms with Crippen LogP contribution in [0, 0.1) is 0 Å². The first kappa shape index (κ1) is 23.8. The molecule has 0 bridgehead atoms. The Morgan fingerprint density at radius 1 is 0.944 bits per heavy atom. The predicted octanol–water partition coefficient (Wildman–Crippen LogP) is 4.28. The Bertz CT molecular complexity index is 1270. The number of ether oxygens (including phenoxy) is 5. The number of aliphatic carboxylic acids is 1. The van der Waals surface area contributed by atoms with Crippen LogP contribution in [0.15, 0.2) is 54.6 Å². The zero-order valence-electron chi connectivity index (χ0n) is 20.2. The summed E-state index contributed by atoms with van der Waals surface area (Å²) in [5.74, 6) is 1.71. The van der Waals surface area contributed by atoms with E-state index < -0.39 is 12.6 Å². The standard InChI is InChI=1S/C28H29NO7/c1-3-10-33-18-6-7-19-21(12-18)27(20-8-5-17(32-2)13-23(20)34-14-25(30)31)28(29)26(19)16-4-9-22-24(11-16)36-15-35-22/h4-9,11-13,26-28H,3,10,14-15,29H2,1-2H3,(H,30,31). The highest BCUT2D eigenvalue weighted by Crippen LogP contribution is 2.51. The molecule has 3 N–H and O–H groups in total. The Hall–Kier alpha value is -3.91. The van der Waals surface area contributed by atoms with Crippen LogP contribution in [0.2, 0.25) is 0 Å². The van der Waals surface area contributed by atoms with Crippen molar-refractivity contribution in [2.75, 3.05) is 27.1 Å². The fourth-order valence-electron chi connectivity index (χ4n) is 5.07. The maximum Gasteiger partial charge on any atom is 0.341 e. The van der Waals surface area contributed by atoms with Crippen molar-refractivity contribution in [1.29, 1.82) is 0 Å². The van der Waals surface area contributed by atoms with E-state index in [0.29, 0.717) is 29.6 Å². The number of carboxylic acids is 1. The number of nitrogens with two attached hydrogens (primary N) is 1. The molecule has 8 heteroatoms. The van der Waals surface area contributed by atoms with Crippen LogP contribution in [0.25, 0.3) is 0 Å². The van der Waals surface area contributed by atoms with Crippen molar-refractivity contribution in [3.63, 3.8) is 0 Å². The second-order valence-electron chi connectivity index (χ2n) is 8.87. The van der Waals surface area contributed by atoms with Gasteiger partial charge in [0.05, 0.1) is 13.7 Å². The molecule has 0 radical (unpaired) electrons. The monoisotopic (exact) mass is 491 g/mol. The zero-order valence-corrected chi connectivity index (χ0v) is 20.2. The summed E-state index contributed by atoms with van der Waals surface area (Å²) >= 11 is 0. The van der Waals surface area contributed by atoms with E-state index in [2.05, 4.69) is 13.0 Å². The van der Waals surface area contributed by atoms with Gasteiger partial charge in [-0.05, 0) is 53.4 Å². The van der Waals surface area contributed by atoms with Crippen molar-refractivity contribution < 1.29 is 33.6 Å². The van der Waals surface area contributed by atoms with E-state index in [-0.39, 0.29) is 24.7 Å². The van der Waals surface area contributed by atoms with Gasteiger partial charge in [-0.1, -0.05) is 25.1 Å². The Morgan fingerprint density at radius 3 is 2.50 bits per heavy atom. The molecule has 3 aromatic rings. The van der Waals surface area contributed by atoms with Crippen LogP contribution in [-0.4, -0.2) is 44.2 Å². The van der Waals surface area contributed by atoms with Crippen LogP contribution in [0.5, 0.6) is 28.7 Å². The molecule has 0 spiro atoms. The maximum absolute atomic E-state index is 11.3. The third-order valence-electron chi connectivity index (χ3n) is 6.63. The van der Waals surface area contributed by atoms with E-state index in [1.807, 2.05) is 42.5 Å². The van der Waals surface area contributed by atoms with Gasteiger partial charge in [0.15, 0.2) is 18.1 Å². The normalized spacial score (nSPS) is 19.6. The van der Waals surface area contributed by atoms with E-state index in [0.717, 1.165) is 34.4 Å². The van der Waals surface area contributed by atoms with Crippen LogP contribution in [-0.2, 0) is 4.79 Å². The average Bonchev–Trinajstić information content (AvgIpc) is 3.46. The molecule has 188 valence electrons. The number of methoxy groups -OCH3 is 1. The molecule has 8 nitrogen and oxygen atoms in total. The number of hydrogen-bond donors (Lipinski definition) is 2. The van der Waals surface area contributed by atoms with Gasteiger partial charge in [-0.15, -0.1) is 0 Å². The molecule has 2 aliphatic rings. The highest BCUT2D eigenvalue weighted by Gasteiger charge is 2.42. The first-order chi connectivity index (χ1) is 17.5. The molecule has 1 aliphatic heterocycles. The van der Waals surface area contributed by atoms with Gasteiger partial charge in [0.2, 0.25) is 6.79 Å². The predicted molar refractivity (Wildman–Crippen MR) is 133 cm³/mol. The molecule has 1 heterocycles. The van der Waals surface area contributed by atoms with Crippen molar-refractivity contribution in [1.82, 2.24) is 0 Å². The number of hydrogen-bond acceptors (Lipinski definition) is 7. The third-order valence-corrected chi connectivity index (χ3v) is 6.63. The molecule has 0 saturated carbocycles. The summed E-state index contributed by atoms with van der Waals surface area (Å²) in [5, 5.41) is 9.23. The SMILES string of the molecule is CCCOc1ccc2c(c1)C(c1ccc(OC)cc1OCC(=O)O)C(N)C2c1ccc2c(c1)OCO2. The lowest BCUT2D eigenvalue weighted by Gasteiger charge is -2.24. The second kappa shape index (κ2) is 9.99. The molecular weight excluding hydrogens is 462 g/mol. The quantitative estimate of drug-likeness (QED) is 0.457. The van der Waals surface area contributed by atoms with Crippen molar-refractivity contribution in [2.45, 2.75) is 31.2 Å². The summed E-state index contributed by atoms with van der Waals surface area (Å²) in [6.07, 6.45) is 0.894. The van der Waals surface area contributed by atoms with Gasteiger partial charge in [-0.2, -0.15) is 0 Å². The summed E-state index contributed by atoms with van der Waals surface area (Å²) < 4.78 is 28.1. The molecule has 3 atom stereocenters. The number of rotatable bonds is 9. The molecule has 0 aromatic heterocycles. The minimum Gasteiger partial charge on any atom is -0.497 e. The fourth-order valence-corrected chi connectivity index (χ4v) is 5.07. The van der Waals surface area contributed by atoms with E-state index in [4.69, 9.17) is 29.4 Å². The molecule has 3 aromatic carbocycles. The smallest absolute Gasteiger partial charge is 0.341 e. The molecule has 36 heavy (non-hydrogen) atoms. The summed E-state index contributed by atoms with van der Waals surface area (Å²) in [6.45, 7) is 2.39. The highest BCUT2D eigenvalue weighted by atomic mass is 16.7.